The van der Waals surface area contributed by atoms with E-state index in [4.69, 9.17) is 20.8 Å². The molecule has 2 aromatic heterocycles. The van der Waals surface area contributed by atoms with Gasteiger partial charge >= 0.3 is 0 Å². The summed E-state index contributed by atoms with van der Waals surface area (Å²) >= 11 is 9.86. The molecule has 0 saturated heterocycles. The van der Waals surface area contributed by atoms with Gasteiger partial charge < -0.3 is 9.15 Å². The molecular weight excluding hydrogens is 518 g/mol. The van der Waals surface area contributed by atoms with E-state index in [1.807, 2.05) is 36.4 Å². The predicted molar refractivity (Wildman–Crippen MR) is 139 cm³/mol. The number of benzene rings is 3. The van der Waals surface area contributed by atoms with Gasteiger partial charge in [0.2, 0.25) is 5.82 Å². The van der Waals surface area contributed by atoms with Gasteiger partial charge in [0.05, 0.1) is 26.6 Å². The zero-order valence-electron chi connectivity index (χ0n) is 17.7. The van der Waals surface area contributed by atoms with Crippen LogP contribution in [0.4, 0.5) is 0 Å². The zero-order valence-corrected chi connectivity index (χ0v) is 20.1. The van der Waals surface area contributed by atoms with Crippen LogP contribution in [-0.4, -0.2) is 22.5 Å². The minimum absolute atomic E-state index is 0.298. The highest BCUT2D eigenvalue weighted by Gasteiger charge is 2.16. The molecule has 0 spiro atoms. The number of hydrogen-bond acceptors (Lipinski definition) is 5. The Kier molecular flexibility index (Phi) is 6.04. The number of halogens is 2. The number of nitrogens with zero attached hydrogens (tertiary/aromatic N) is 3. The Morgan fingerprint density at radius 2 is 1.94 bits per heavy atom. The Morgan fingerprint density at radius 1 is 1.15 bits per heavy atom. The van der Waals surface area contributed by atoms with Gasteiger partial charge in [0, 0.05) is 5.39 Å². The van der Waals surface area contributed by atoms with Crippen LogP contribution < -0.4 is 10.3 Å². The number of para-hydroxylation sites is 2. The molecule has 34 heavy (non-hydrogen) atoms. The first-order valence-corrected chi connectivity index (χ1v) is 11.5. The summed E-state index contributed by atoms with van der Waals surface area (Å²) in [6.45, 7) is 3.97. The summed E-state index contributed by atoms with van der Waals surface area (Å²) in [4.78, 5) is 18.1. The van der Waals surface area contributed by atoms with Crippen molar-refractivity contribution in [3.63, 3.8) is 0 Å². The monoisotopic (exact) mass is 533 g/mol. The molecule has 0 atom stereocenters. The van der Waals surface area contributed by atoms with Gasteiger partial charge in [-0.3, -0.25) is 4.79 Å². The fourth-order valence-electron chi connectivity index (χ4n) is 3.54. The third kappa shape index (κ3) is 4.16. The lowest BCUT2D eigenvalue weighted by atomic mass is 10.2. The third-order valence-electron chi connectivity index (χ3n) is 5.09. The van der Waals surface area contributed by atoms with Gasteiger partial charge in [-0.2, -0.15) is 9.78 Å². The summed E-state index contributed by atoms with van der Waals surface area (Å²) in [6.07, 6.45) is 3.18. The van der Waals surface area contributed by atoms with Crippen molar-refractivity contribution in [1.29, 1.82) is 0 Å². The van der Waals surface area contributed by atoms with Crippen LogP contribution in [0.15, 0.2) is 98.2 Å². The van der Waals surface area contributed by atoms with Gasteiger partial charge in [-0.25, -0.2) is 4.98 Å². The first kappa shape index (κ1) is 22.1. The van der Waals surface area contributed by atoms with Crippen LogP contribution in [0.5, 0.6) is 5.75 Å². The first-order valence-electron chi connectivity index (χ1n) is 10.3. The second-order valence-corrected chi connectivity index (χ2v) is 8.64. The molecule has 0 aliphatic carbocycles. The number of rotatable bonds is 6. The molecule has 0 radical (unpaired) electrons. The minimum Gasteiger partial charge on any atom is -0.487 e. The van der Waals surface area contributed by atoms with E-state index in [1.165, 1.54) is 10.9 Å². The Balaban J connectivity index is 1.65. The smallest absolute Gasteiger partial charge is 0.282 e. The fourth-order valence-corrected chi connectivity index (χ4v) is 4.53. The number of ether oxygens (including phenoxy) is 1. The van der Waals surface area contributed by atoms with Gasteiger partial charge in [0.1, 0.15) is 12.2 Å². The lowest BCUT2D eigenvalue weighted by Crippen LogP contribution is -2.20. The van der Waals surface area contributed by atoms with Crippen molar-refractivity contribution in [1.82, 2.24) is 9.66 Å². The van der Waals surface area contributed by atoms with Crippen LogP contribution in [-0.2, 0) is 0 Å². The highest BCUT2D eigenvalue weighted by molar-refractivity contribution is 9.10. The van der Waals surface area contributed by atoms with E-state index in [2.05, 4.69) is 32.6 Å². The van der Waals surface area contributed by atoms with Crippen molar-refractivity contribution < 1.29 is 9.15 Å². The van der Waals surface area contributed by atoms with Crippen LogP contribution in [0, 0.1) is 0 Å². The van der Waals surface area contributed by atoms with Gasteiger partial charge in [0.15, 0.2) is 11.5 Å². The molecule has 0 unspecified atom stereocenters. The standard InChI is InChI=1S/C26H17BrClN3O3/c1-2-11-33-24-19(27)12-16(13-20(24)28)15-29-31-25(23-14-17-7-3-6-10-22(17)34-23)30-21-9-5-4-8-18(21)26(31)32/h2-10,12-15H,1,11H2. The number of fused-ring (bicyclic) bond motifs is 2. The van der Waals surface area contributed by atoms with Crippen molar-refractivity contribution in [2.75, 3.05) is 6.61 Å². The van der Waals surface area contributed by atoms with Gasteiger partial charge in [-0.15, -0.1) is 0 Å². The lowest BCUT2D eigenvalue weighted by Gasteiger charge is -2.10. The summed E-state index contributed by atoms with van der Waals surface area (Å²) in [5, 5.41) is 6.22. The van der Waals surface area contributed by atoms with Crippen molar-refractivity contribution in [3.05, 3.63) is 105 Å². The van der Waals surface area contributed by atoms with E-state index >= 15 is 0 Å². The second kappa shape index (κ2) is 9.29. The SMILES string of the molecule is C=CCOc1c(Cl)cc(C=Nn2c(-c3cc4ccccc4o3)nc3ccccc3c2=O)cc1Br. The minimum atomic E-state index is -0.312. The first-order chi connectivity index (χ1) is 16.5. The molecule has 0 aliphatic rings. The summed E-state index contributed by atoms with van der Waals surface area (Å²) in [5.41, 5.74) is 1.61. The van der Waals surface area contributed by atoms with E-state index in [1.54, 1.807) is 36.4 Å². The highest BCUT2D eigenvalue weighted by Crippen LogP contribution is 2.34. The number of hydrogen-bond donors (Lipinski definition) is 0. The van der Waals surface area contributed by atoms with Crippen LogP contribution in [0.25, 0.3) is 33.5 Å². The Labute approximate surface area is 207 Å². The molecule has 6 nitrogen and oxygen atoms in total. The lowest BCUT2D eigenvalue weighted by molar-refractivity contribution is 0.361. The largest absolute Gasteiger partial charge is 0.487 e. The molecule has 5 aromatic rings. The average Bonchev–Trinajstić information content (AvgIpc) is 3.27. The van der Waals surface area contributed by atoms with Gasteiger partial charge in [-0.1, -0.05) is 54.6 Å². The van der Waals surface area contributed by atoms with E-state index < -0.39 is 0 Å². The molecule has 8 heteroatoms. The summed E-state index contributed by atoms with van der Waals surface area (Å²) in [7, 11) is 0. The average molecular weight is 535 g/mol. The zero-order chi connectivity index (χ0) is 23.7. The molecular formula is C26H17BrClN3O3. The normalized spacial score (nSPS) is 11.5. The van der Waals surface area contributed by atoms with Gasteiger partial charge in [0.25, 0.3) is 5.56 Å². The molecule has 2 heterocycles. The topological polar surface area (TPSA) is 69.6 Å². The fraction of sp³-hybridized carbons (Fsp3) is 0.0385. The van der Waals surface area contributed by atoms with Crippen LogP contribution in [0.1, 0.15) is 5.56 Å². The maximum Gasteiger partial charge on any atom is 0.282 e. The third-order valence-corrected chi connectivity index (χ3v) is 5.96. The Hall–Kier alpha value is -3.68. The highest BCUT2D eigenvalue weighted by atomic mass is 79.9. The van der Waals surface area contributed by atoms with E-state index in [0.29, 0.717) is 55.5 Å². The molecule has 0 bridgehead atoms. The van der Waals surface area contributed by atoms with Crippen LogP contribution >= 0.6 is 27.5 Å². The van der Waals surface area contributed by atoms with E-state index in [9.17, 15) is 4.79 Å². The van der Waals surface area contributed by atoms with Crippen molar-refractivity contribution in [2.45, 2.75) is 0 Å². The second-order valence-electron chi connectivity index (χ2n) is 7.38. The molecule has 0 fully saturated rings. The predicted octanol–water partition coefficient (Wildman–Crippen LogP) is 6.67. The Bertz CT molecular complexity index is 1580. The van der Waals surface area contributed by atoms with Gasteiger partial charge in [-0.05, 0) is 57.9 Å². The maximum absolute atomic E-state index is 13.4. The van der Waals surface area contributed by atoms with Crippen LogP contribution in [0.3, 0.4) is 0 Å². The summed E-state index contributed by atoms with van der Waals surface area (Å²) in [6, 6.07) is 20.1. The number of aromatic nitrogens is 2. The number of furan rings is 1. The summed E-state index contributed by atoms with van der Waals surface area (Å²) < 4.78 is 13.5. The molecule has 0 aliphatic heterocycles. The molecule has 5 rings (SSSR count). The quantitative estimate of drug-likeness (QED) is 0.180. The van der Waals surface area contributed by atoms with E-state index in [0.717, 1.165) is 5.39 Å². The molecule has 0 saturated carbocycles. The van der Waals surface area contributed by atoms with Crippen LogP contribution in [0.2, 0.25) is 5.02 Å². The van der Waals surface area contributed by atoms with Crippen molar-refractivity contribution in [2.24, 2.45) is 5.10 Å². The van der Waals surface area contributed by atoms with E-state index in [-0.39, 0.29) is 5.56 Å². The van der Waals surface area contributed by atoms with Crippen molar-refractivity contribution >= 4 is 55.6 Å². The molecule has 0 amide bonds. The Morgan fingerprint density at radius 3 is 2.74 bits per heavy atom. The maximum atomic E-state index is 13.4. The molecule has 0 N–H and O–H groups in total. The summed E-state index contributed by atoms with van der Waals surface area (Å²) in [5.74, 6) is 1.24. The molecule has 3 aromatic carbocycles. The van der Waals surface area contributed by atoms with Crippen molar-refractivity contribution in [3.8, 4) is 17.3 Å². The molecule has 168 valence electrons.